The number of benzene rings is 1. The summed E-state index contributed by atoms with van der Waals surface area (Å²) in [6.45, 7) is 4.56. The number of hydrogen-bond donors (Lipinski definition) is 1. The molecule has 1 aromatic rings. The van der Waals surface area contributed by atoms with Gasteiger partial charge >= 0.3 is 0 Å². The lowest BCUT2D eigenvalue weighted by atomic mass is 9.87. The average molecular weight is 267 g/mol. The average Bonchev–Trinajstić information content (AvgIpc) is 2.58. The van der Waals surface area contributed by atoms with Gasteiger partial charge in [-0.25, -0.2) is 8.42 Å². The molecule has 100 valence electrons. The third-order valence-corrected chi connectivity index (χ3v) is 5.01. The highest BCUT2D eigenvalue weighted by Crippen LogP contribution is 2.39. The Morgan fingerprint density at radius 3 is 2.28 bits per heavy atom. The third kappa shape index (κ3) is 2.86. The molecule has 0 radical (unpaired) electrons. The number of nitrogens with one attached hydrogen (secondary N) is 1. The molecule has 0 spiro atoms. The highest BCUT2D eigenvalue weighted by Gasteiger charge is 2.34. The maximum absolute atomic E-state index is 11.4. The first-order valence-electron chi connectivity index (χ1n) is 6.36. The van der Waals surface area contributed by atoms with Crippen molar-refractivity contribution < 1.29 is 8.42 Å². The maximum Gasteiger partial charge on any atom is 0.175 e. The van der Waals surface area contributed by atoms with Gasteiger partial charge in [0.25, 0.3) is 0 Å². The van der Waals surface area contributed by atoms with Crippen molar-refractivity contribution in [2.75, 3.05) is 11.6 Å². The molecule has 2 rings (SSSR count). The van der Waals surface area contributed by atoms with Crippen LogP contribution in [0.4, 0.5) is 5.69 Å². The van der Waals surface area contributed by atoms with E-state index >= 15 is 0 Å². The minimum atomic E-state index is -3.10. The molecule has 1 aromatic carbocycles. The van der Waals surface area contributed by atoms with Crippen molar-refractivity contribution >= 4 is 15.5 Å². The quantitative estimate of drug-likeness (QED) is 0.915. The molecule has 4 heteroatoms. The minimum absolute atomic E-state index is 0.315. The van der Waals surface area contributed by atoms with Gasteiger partial charge in [0, 0.05) is 18.0 Å². The zero-order valence-electron chi connectivity index (χ0n) is 11.2. The van der Waals surface area contributed by atoms with Crippen molar-refractivity contribution in [3.8, 4) is 0 Å². The molecule has 1 atom stereocenters. The number of hydrogen-bond acceptors (Lipinski definition) is 3. The summed E-state index contributed by atoms with van der Waals surface area (Å²) in [6.07, 6.45) is 4.91. The molecule has 0 bridgehead atoms. The molecule has 1 fully saturated rings. The first-order valence-corrected chi connectivity index (χ1v) is 8.25. The monoisotopic (exact) mass is 267 g/mol. The highest BCUT2D eigenvalue weighted by molar-refractivity contribution is 7.90. The van der Waals surface area contributed by atoms with Crippen LogP contribution in [-0.4, -0.2) is 20.7 Å². The summed E-state index contributed by atoms with van der Waals surface area (Å²) in [4.78, 5) is 0.374. The van der Waals surface area contributed by atoms with Crippen LogP contribution in [-0.2, 0) is 9.84 Å². The van der Waals surface area contributed by atoms with Crippen LogP contribution in [0.2, 0.25) is 0 Å². The first kappa shape index (κ1) is 13.4. The molecule has 1 aliphatic carbocycles. The second-order valence-corrected chi connectivity index (χ2v) is 7.89. The molecule has 1 unspecified atom stereocenters. The second-order valence-electron chi connectivity index (χ2n) is 5.87. The molecule has 0 aromatic heterocycles. The van der Waals surface area contributed by atoms with E-state index in [0.29, 0.717) is 16.4 Å². The number of rotatable bonds is 3. The summed E-state index contributed by atoms with van der Waals surface area (Å²) < 4.78 is 22.7. The lowest BCUT2D eigenvalue weighted by Crippen LogP contribution is -2.30. The molecule has 0 saturated heterocycles. The number of anilines is 1. The topological polar surface area (TPSA) is 46.2 Å². The Hall–Kier alpha value is -1.03. The van der Waals surface area contributed by atoms with Crippen LogP contribution in [0.25, 0.3) is 0 Å². The maximum atomic E-state index is 11.4. The molecule has 0 amide bonds. The molecule has 0 heterocycles. The van der Waals surface area contributed by atoms with Crippen molar-refractivity contribution in [2.45, 2.75) is 44.0 Å². The van der Waals surface area contributed by atoms with Gasteiger partial charge in [0.1, 0.15) is 0 Å². The van der Waals surface area contributed by atoms with Gasteiger partial charge in [-0.1, -0.05) is 20.3 Å². The van der Waals surface area contributed by atoms with Crippen LogP contribution in [0.3, 0.4) is 0 Å². The van der Waals surface area contributed by atoms with Crippen molar-refractivity contribution in [2.24, 2.45) is 5.41 Å². The van der Waals surface area contributed by atoms with Crippen LogP contribution < -0.4 is 5.32 Å². The van der Waals surface area contributed by atoms with E-state index in [2.05, 4.69) is 19.2 Å². The van der Waals surface area contributed by atoms with Crippen molar-refractivity contribution in [3.05, 3.63) is 24.3 Å². The number of sulfone groups is 1. The Kier molecular flexibility index (Phi) is 3.41. The summed E-state index contributed by atoms with van der Waals surface area (Å²) in [5.74, 6) is 0. The highest BCUT2D eigenvalue weighted by atomic mass is 32.2. The van der Waals surface area contributed by atoms with E-state index in [0.717, 1.165) is 5.69 Å². The Labute approximate surface area is 110 Å². The summed E-state index contributed by atoms with van der Waals surface area (Å²) in [6, 6.07) is 7.51. The summed E-state index contributed by atoms with van der Waals surface area (Å²) in [5, 5.41) is 3.51. The fraction of sp³-hybridized carbons (Fsp3) is 0.571. The van der Waals surface area contributed by atoms with E-state index < -0.39 is 9.84 Å². The van der Waals surface area contributed by atoms with E-state index in [-0.39, 0.29) is 0 Å². The Bertz CT molecular complexity index is 517. The lowest BCUT2D eigenvalue weighted by Gasteiger charge is -2.28. The summed E-state index contributed by atoms with van der Waals surface area (Å²) >= 11 is 0. The lowest BCUT2D eigenvalue weighted by molar-refractivity contribution is 0.350. The fourth-order valence-corrected chi connectivity index (χ4v) is 3.22. The van der Waals surface area contributed by atoms with Crippen LogP contribution in [0, 0.1) is 5.41 Å². The summed E-state index contributed by atoms with van der Waals surface area (Å²) in [5.41, 5.74) is 1.32. The van der Waals surface area contributed by atoms with Crippen molar-refractivity contribution in [3.63, 3.8) is 0 Å². The SMILES string of the molecule is CC1(C)CCCC1Nc1ccc(S(C)(=O)=O)cc1. The van der Waals surface area contributed by atoms with Crippen LogP contribution in [0.5, 0.6) is 0 Å². The van der Waals surface area contributed by atoms with Crippen LogP contribution in [0.15, 0.2) is 29.2 Å². The minimum Gasteiger partial charge on any atom is -0.382 e. The molecular weight excluding hydrogens is 246 g/mol. The zero-order valence-corrected chi connectivity index (χ0v) is 12.0. The third-order valence-electron chi connectivity index (χ3n) is 3.88. The predicted octanol–water partition coefficient (Wildman–Crippen LogP) is 3.08. The van der Waals surface area contributed by atoms with Gasteiger partial charge in [-0.15, -0.1) is 0 Å². The Morgan fingerprint density at radius 2 is 1.83 bits per heavy atom. The van der Waals surface area contributed by atoms with Gasteiger partial charge in [-0.05, 0) is 42.5 Å². The molecule has 1 saturated carbocycles. The van der Waals surface area contributed by atoms with Gasteiger partial charge in [0.05, 0.1) is 4.90 Å². The molecule has 1 N–H and O–H groups in total. The molecule has 3 nitrogen and oxygen atoms in total. The van der Waals surface area contributed by atoms with E-state index in [4.69, 9.17) is 0 Å². The molecule has 0 aliphatic heterocycles. The second kappa shape index (κ2) is 4.57. The van der Waals surface area contributed by atoms with Crippen LogP contribution >= 0.6 is 0 Å². The van der Waals surface area contributed by atoms with Crippen molar-refractivity contribution in [1.82, 2.24) is 0 Å². The van der Waals surface area contributed by atoms with Gasteiger partial charge < -0.3 is 5.32 Å². The van der Waals surface area contributed by atoms with Gasteiger partial charge in [-0.2, -0.15) is 0 Å². The molecule has 1 aliphatic rings. The molecular formula is C14H21NO2S. The van der Waals surface area contributed by atoms with Crippen molar-refractivity contribution in [1.29, 1.82) is 0 Å². The van der Waals surface area contributed by atoms with E-state index in [1.807, 2.05) is 12.1 Å². The zero-order chi connectivity index (χ0) is 13.4. The first-order chi connectivity index (χ1) is 8.29. The van der Waals surface area contributed by atoms with E-state index in [1.165, 1.54) is 25.5 Å². The Balaban J connectivity index is 2.12. The standard InChI is InChI=1S/C14H21NO2S/c1-14(2)10-4-5-13(14)15-11-6-8-12(9-7-11)18(3,16)17/h6-9,13,15H,4-5,10H2,1-3H3. The van der Waals surface area contributed by atoms with Gasteiger partial charge in [-0.3, -0.25) is 0 Å². The predicted molar refractivity (Wildman–Crippen MR) is 74.6 cm³/mol. The van der Waals surface area contributed by atoms with Gasteiger partial charge in [0.2, 0.25) is 0 Å². The largest absolute Gasteiger partial charge is 0.382 e. The van der Waals surface area contributed by atoms with E-state index in [1.54, 1.807) is 12.1 Å². The smallest absolute Gasteiger partial charge is 0.175 e. The van der Waals surface area contributed by atoms with Crippen LogP contribution in [0.1, 0.15) is 33.1 Å². The fourth-order valence-electron chi connectivity index (χ4n) is 2.59. The summed E-state index contributed by atoms with van der Waals surface area (Å²) in [7, 11) is -3.10. The Morgan fingerprint density at radius 1 is 1.22 bits per heavy atom. The normalized spacial score (nSPS) is 22.9. The molecule has 18 heavy (non-hydrogen) atoms. The van der Waals surface area contributed by atoms with Gasteiger partial charge in [0.15, 0.2) is 9.84 Å². The van der Waals surface area contributed by atoms with E-state index in [9.17, 15) is 8.42 Å².